The van der Waals surface area contributed by atoms with Crippen molar-refractivity contribution in [2.75, 3.05) is 6.61 Å². The highest BCUT2D eigenvalue weighted by Gasteiger charge is 2.30. The molecule has 1 aliphatic rings. The van der Waals surface area contributed by atoms with Crippen molar-refractivity contribution < 1.29 is 13.5 Å². The largest absolute Gasteiger partial charge is 0.396 e. The van der Waals surface area contributed by atoms with Gasteiger partial charge in [0.1, 0.15) is 0 Å². The molecule has 1 fully saturated rings. The molecule has 0 saturated heterocycles. The van der Waals surface area contributed by atoms with Crippen LogP contribution in [0.4, 0.5) is 0 Å². The fourth-order valence-electron chi connectivity index (χ4n) is 2.60. The molecule has 7 heteroatoms. The van der Waals surface area contributed by atoms with Crippen LogP contribution in [0, 0.1) is 19.8 Å². The third-order valence-electron chi connectivity index (χ3n) is 3.56. The average Bonchev–Trinajstić information content (AvgIpc) is 2.69. The molecule has 2 atom stereocenters. The molecule has 0 bridgehead atoms. The Labute approximate surface area is 118 Å². The van der Waals surface area contributed by atoms with Crippen LogP contribution >= 0.6 is 11.3 Å². The van der Waals surface area contributed by atoms with Gasteiger partial charge in [-0.15, -0.1) is 11.3 Å². The van der Waals surface area contributed by atoms with Crippen LogP contribution in [0.1, 0.15) is 36.4 Å². The first kappa shape index (κ1) is 14.9. The molecule has 0 radical (unpaired) electrons. The minimum atomic E-state index is -3.52. The van der Waals surface area contributed by atoms with Gasteiger partial charge in [0, 0.05) is 12.6 Å². The standard InChI is InChI=1S/C12H20N2O3S2/c1-8-12(18-9(2)13-8)19(16,17)14-11-6-4-3-5-10(11)7-15/h10-11,14-15H,3-7H2,1-2H3. The number of hydrogen-bond acceptors (Lipinski definition) is 5. The predicted octanol–water partition coefficient (Wildman–Crippen LogP) is 1.59. The fourth-order valence-corrected chi connectivity index (χ4v) is 5.44. The molecule has 1 heterocycles. The number of aromatic nitrogens is 1. The van der Waals surface area contributed by atoms with Crippen molar-refractivity contribution >= 4 is 21.4 Å². The highest BCUT2D eigenvalue weighted by Crippen LogP contribution is 2.28. The Morgan fingerprint density at radius 3 is 2.63 bits per heavy atom. The maximum absolute atomic E-state index is 12.4. The maximum Gasteiger partial charge on any atom is 0.252 e. The Morgan fingerprint density at radius 1 is 1.37 bits per heavy atom. The molecule has 1 saturated carbocycles. The van der Waals surface area contributed by atoms with Crippen LogP contribution in [0.2, 0.25) is 0 Å². The van der Waals surface area contributed by atoms with Crippen LogP contribution in [-0.2, 0) is 10.0 Å². The summed E-state index contributed by atoms with van der Waals surface area (Å²) in [6.07, 6.45) is 3.73. The number of aryl methyl sites for hydroxylation is 2. The summed E-state index contributed by atoms with van der Waals surface area (Å²) in [6.45, 7) is 3.55. The molecule has 5 nitrogen and oxygen atoms in total. The van der Waals surface area contributed by atoms with E-state index in [1.807, 2.05) is 0 Å². The first-order chi connectivity index (χ1) is 8.94. The molecule has 1 aromatic heterocycles. The number of thiazole rings is 1. The Hall–Kier alpha value is -0.500. The predicted molar refractivity (Wildman–Crippen MR) is 74.7 cm³/mol. The van der Waals surface area contributed by atoms with Crippen LogP contribution in [0.3, 0.4) is 0 Å². The monoisotopic (exact) mass is 304 g/mol. The van der Waals surface area contributed by atoms with E-state index in [4.69, 9.17) is 0 Å². The van der Waals surface area contributed by atoms with Crippen molar-refractivity contribution in [2.24, 2.45) is 5.92 Å². The van der Waals surface area contributed by atoms with E-state index in [-0.39, 0.29) is 18.6 Å². The number of aliphatic hydroxyl groups excluding tert-OH is 1. The van der Waals surface area contributed by atoms with E-state index in [9.17, 15) is 13.5 Å². The van der Waals surface area contributed by atoms with Gasteiger partial charge in [-0.25, -0.2) is 18.1 Å². The van der Waals surface area contributed by atoms with Crippen molar-refractivity contribution in [2.45, 2.75) is 49.8 Å². The number of sulfonamides is 1. The van der Waals surface area contributed by atoms with Gasteiger partial charge >= 0.3 is 0 Å². The summed E-state index contributed by atoms with van der Waals surface area (Å²) in [6, 6.07) is -0.162. The van der Waals surface area contributed by atoms with Crippen LogP contribution in [0.25, 0.3) is 0 Å². The van der Waals surface area contributed by atoms with E-state index in [1.54, 1.807) is 13.8 Å². The normalized spacial score (nSPS) is 24.6. The first-order valence-electron chi connectivity index (χ1n) is 6.51. The van der Waals surface area contributed by atoms with Crippen LogP contribution in [-0.4, -0.2) is 31.2 Å². The minimum absolute atomic E-state index is 0.0258. The molecule has 0 amide bonds. The summed E-state index contributed by atoms with van der Waals surface area (Å²) in [7, 11) is -3.52. The average molecular weight is 304 g/mol. The zero-order chi connectivity index (χ0) is 14.0. The molecule has 0 spiro atoms. The van der Waals surface area contributed by atoms with Crippen molar-refractivity contribution in [3.8, 4) is 0 Å². The summed E-state index contributed by atoms with van der Waals surface area (Å²) < 4.78 is 27.8. The zero-order valence-electron chi connectivity index (χ0n) is 11.2. The highest BCUT2D eigenvalue weighted by molar-refractivity contribution is 7.91. The Balaban J connectivity index is 2.19. The maximum atomic E-state index is 12.4. The third-order valence-corrected chi connectivity index (χ3v) is 6.73. The number of hydrogen-bond donors (Lipinski definition) is 2. The van der Waals surface area contributed by atoms with Crippen LogP contribution < -0.4 is 4.72 Å². The Bertz CT molecular complexity index is 539. The quantitative estimate of drug-likeness (QED) is 0.885. The lowest BCUT2D eigenvalue weighted by molar-refractivity contribution is 0.164. The minimum Gasteiger partial charge on any atom is -0.396 e. The Kier molecular flexibility index (Phi) is 4.60. The van der Waals surface area contributed by atoms with E-state index in [2.05, 4.69) is 9.71 Å². The molecule has 2 N–H and O–H groups in total. The summed E-state index contributed by atoms with van der Waals surface area (Å²) in [5.41, 5.74) is 0.548. The second kappa shape index (κ2) is 5.87. The SMILES string of the molecule is Cc1nc(C)c(S(=O)(=O)NC2CCCCC2CO)s1. The van der Waals surface area contributed by atoms with Gasteiger partial charge in [-0.05, 0) is 32.6 Å². The van der Waals surface area contributed by atoms with E-state index in [1.165, 1.54) is 11.3 Å². The fraction of sp³-hybridized carbons (Fsp3) is 0.750. The Morgan fingerprint density at radius 2 is 2.05 bits per heavy atom. The molecule has 0 aromatic carbocycles. The number of nitrogens with one attached hydrogen (secondary N) is 1. The van der Waals surface area contributed by atoms with E-state index in [0.717, 1.165) is 30.7 Å². The second-order valence-corrected chi connectivity index (χ2v) is 8.17. The molecule has 19 heavy (non-hydrogen) atoms. The van der Waals surface area contributed by atoms with Gasteiger partial charge in [0.15, 0.2) is 4.21 Å². The summed E-state index contributed by atoms with van der Waals surface area (Å²) >= 11 is 1.19. The molecule has 1 aliphatic carbocycles. The van der Waals surface area contributed by atoms with Gasteiger partial charge in [-0.3, -0.25) is 0 Å². The summed E-state index contributed by atoms with van der Waals surface area (Å²) in [5, 5.41) is 10.1. The number of aliphatic hydroxyl groups is 1. The lowest BCUT2D eigenvalue weighted by Crippen LogP contribution is -2.43. The summed E-state index contributed by atoms with van der Waals surface area (Å²) in [5.74, 6) is 0.0258. The first-order valence-corrected chi connectivity index (χ1v) is 8.81. The van der Waals surface area contributed by atoms with Gasteiger partial charge in [0.05, 0.1) is 10.7 Å². The molecule has 2 rings (SSSR count). The van der Waals surface area contributed by atoms with Crippen molar-refractivity contribution in [1.82, 2.24) is 9.71 Å². The van der Waals surface area contributed by atoms with Gasteiger partial charge in [-0.1, -0.05) is 12.8 Å². The van der Waals surface area contributed by atoms with Crippen molar-refractivity contribution in [3.63, 3.8) is 0 Å². The van der Waals surface area contributed by atoms with Crippen LogP contribution in [0.15, 0.2) is 4.21 Å². The molecule has 2 unspecified atom stereocenters. The smallest absolute Gasteiger partial charge is 0.252 e. The molecule has 108 valence electrons. The number of nitrogens with zero attached hydrogens (tertiary/aromatic N) is 1. The lowest BCUT2D eigenvalue weighted by Gasteiger charge is -2.30. The van der Waals surface area contributed by atoms with Gasteiger partial charge < -0.3 is 5.11 Å². The molecular formula is C12H20N2O3S2. The van der Waals surface area contributed by atoms with E-state index < -0.39 is 10.0 Å². The second-order valence-electron chi connectivity index (χ2n) is 5.06. The zero-order valence-corrected chi connectivity index (χ0v) is 12.9. The highest BCUT2D eigenvalue weighted by atomic mass is 32.2. The molecule has 1 aromatic rings. The third kappa shape index (κ3) is 3.34. The van der Waals surface area contributed by atoms with Crippen molar-refractivity contribution in [3.05, 3.63) is 10.7 Å². The molecular weight excluding hydrogens is 284 g/mol. The van der Waals surface area contributed by atoms with Gasteiger partial charge in [0.2, 0.25) is 0 Å². The lowest BCUT2D eigenvalue weighted by atomic mass is 9.86. The summed E-state index contributed by atoms with van der Waals surface area (Å²) in [4.78, 5) is 4.16. The number of rotatable bonds is 4. The topological polar surface area (TPSA) is 79.3 Å². The van der Waals surface area contributed by atoms with E-state index in [0.29, 0.717) is 9.90 Å². The van der Waals surface area contributed by atoms with Gasteiger partial charge in [-0.2, -0.15) is 0 Å². The van der Waals surface area contributed by atoms with E-state index >= 15 is 0 Å². The molecule has 0 aliphatic heterocycles. The van der Waals surface area contributed by atoms with Gasteiger partial charge in [0.25, 0.3) is 10.0 Å². The van der Waals surface area contributed by atoms with Crippen LogP contribution in [0.5, 0.6) is 0 Å². The van der Waals surface area contributed by atoms with Crippen molar-refractivity contribution in [1.29, 1.82) is 0 Å².